The highest BCUT2D eigenvalue weighted by Crippen LogP contribution is 2.15. The molecular weight excluding hydrogens is 294 g/mol. The van der Waals surface area contributed by atoms with Crippen molar-refractivity contribution < 1.29 is 4.74 Å². The summed E-state index contributed by atoms with van der Waals surface area (Å²) in [4.78, 5) is 6.31. The Bertz CT molecular complexity index is 435. The molecule has 1 aromatic heterocycles. The Morgan fingerprint density at radius 1 is 1.41 bits per heavy atom. The molecule has 5 heteroatoms. The summed E-state index contributed by atoms with van der Waals surface area (Å²) in [6.45, 7) is 5.71. The number of rotatable bonds is 8. The van der Waals surface area contributed by atoms with Crippen LogP contribution in [-0.2, 0) is 11.3 Å². The number of hydrogen-bond acceptors (Lipinski definition) is 3. The highest BCUT2D eigenvalue weighted by atomic mass is 32.1. The Morgan fingerprint density at radius 2 is 2.23 bits per heavy atom. The van der Waals surface area contributed by atoms with Gasteiger partial charge in [-0.1, -0.05) is 19.8 Å². The monoisotopic (exact) mass is 321 g/mol. The maximum Gasteiger partial charge on any atom is 0.169 e. The van der Waals surface area contributed by atoms with Gasteiger partial charge in [-0.3, -0.25) is 4.98 Å². The Kier molecular flexibility index (Phi) is 7.60. The first-order chi connectivity index (χ1) is 10.8. The van der Waals surface area contributed by atoms with Gasteiger partial charge in [-0.15, -0.1) is 0 Å². The largest absolute Gasteiger partial charge is 0.376 e. The predicted molar refractivity (Wildman–Crippen MR) is 93.7 cm³/mol. The molecule has 0 bridgehead atoms. The van der Waals surface area contributed by atoms with E-state index in [0.717, 1.165) is 44.2 Å². The molecule has 1 aliphatic rings. The normalized spacial score (nSPS) is 17.4. The van der Waals surface area contributed by atoms with Gasteiger partial charge in [0.1, 0.15) is 0 Å². The average Bonchev–Trinajstić information content (AvgIpc) is 3.05. The van der Waals surface area contributed by atoms with Crippen molar-refractivity contribution in [3.63, 3.8) is 0 Å². The summed E-state index contributed by atoms with van der Waals surface area (Å²) in [6, 6.07) is 4.09. The van der Waals surface area contributed by atoms with E-state index in [4.69, 9.17) is 17.0 Å². The number of aromatic nitrogens is 1. The molecule has 1 aromatic rings. The van der Waals surface area contributed by atoms with Crippen LogP contribution in [0.15, 0.2) is 24.5 Å². The molecule has 22 heavy (non-hydrogen) atoms. The Hall–Kier alpha value is -1.20. The van der Waals surface area contributed by atoms with Gasteiger partial charge in [0.05, 0.1) is 6.10 Å². The maximum atomic E-state index is 5.77. The molecule has 0 aliphatic carbocycles. The van der Waals surface area contributed by atoms with Crippen LogP contribution >= 0.6 is 12.2 Å². The minimum absolute atomic E-state index is 0.303. The fourth-order valence-electron chi connectivity index (χ4n) is 2.64. The molecule has 0 aromatic carbocycles. The van der Waals surface area contributed by atoms with Crippen molar-refractivity contribution in [1.82, 2.24) is 15.2 Å². The van der Waals surface area contributed by atoms with Crippen LogP contribution in [0.4, 0.5) is 0 Å². The van der Waals surface area contributed by atoms with Gasteiger partial charge in [0.25, 0.3) is 0 Å². The molecule has 2 rings (SSSR count). The fourth-order valence-corrected chi connectivity index (χ4v) is 2.89. The van der Waals surface area contributed by atoms with Crippen molar-refractivity contribution in [3.8, 4) is 0 Å². The summed E-state index contributed by atoms with van der Waals surface area (Å²) in [7, 11) is 0. The molecule has 1 saturated heterocycles. The first kappa shape index (κ1) is 17.2. The van der Waals surface area contributed by atoms with Crippen molar-refractivity contribution in [1.29, 1.82) is 0 Å². The number of nitrogens with one attached hydrogen (secondary N) is 1. The van der Waals surface area contributed by atoms with E-state index < -0.39 is 0 Å². The summed E-state index contributed by atoms with van der Waals surface area (Å²) < 4.78 is 5.77. The third-order valence-corrected chi connectivity index (χ3v) is 4.32. The minimum Gasteiger partial charge on any atom is -0.376 e. The van der Waals surface area contributed by atoms with Crippen LogP contribution in [0, 0.1) is 0 Å². The summed E-state index contributed by atoms with van der Waals surface area (Å²) in [5.41, 5.74) is 1.23. The second-order valence-corrected chi connectivity index (χ2v) is 6.20. The van der Waals surface area contributed by atoms with Gasteiger partial charge >= 0.3 is 0 Å². The van der Waals surface area contributed by atoms with E-state index in [0.29, 0.717) is 6.10 Å². The number of hydrogen-bond donors (Lipinski definition) is 1. The maximum absolute atomic E-state index is 5.77. The predicted octanol–water partition coefficient (Wildman–Crippen LogP) is 3.13. The van der Waals surface area contributed by atoms with E-state index in [1.54, 1.807) is 0 Å². The smallest absolute Gasteiger partial charge is 0.169 e. The van der Waals surface area contributed by atoms with Crippen LogP contribution in [0.2, 0.25) is 0 Å². The third-order valence-electron chi connectivity index (χ3n) is 3.91. The lowest BCUT2D eigenvalue weighted by molar-refractivity contribution is 0.0897. The van der Waals surface area contributed by atoms with Crippen LogP contribution in [0.1, 0.15) is 44.6 Å². The van der Waals surface area contributed by atoms with Gasteiger partial charge in [0, 0.05) is 38.6 Å². The second-order valence-electron chi connectivity index (χ2n) is 5.81. The van der Waals surface area contributed by atoms with E-state index in [-0.39, 0.29) is 0 Å². The Labute approximate surface area is 139 Å². The van der Waals surface area contributed by atoms with Crippen molar-refractivity contribution in [2.45, 2.75) is 51.7 Å². The molecule has 1 unspecified atom stereocenters. The molecule has 122 valence electrons. The second kappa shape index (κ2) is 9.74. The first-order valence-corrected chi connectivity index (χ1v) is 8.73. The summed E-state index contributed by atoms with van der Waals surface area (Å²) in [5, 5.41) is 4.23. The molecule has 2 heterocycles. The molecule has 0 spiro atoms. The van der Waals surface area contributed by atoms with Gasteiger partial charge in [0.15, 0.2) is 5.11 Å². The molecule has 0 saturated carbocycles. The van der Waals surface area contributed by atoms with Gasteiger partial charge in [-0.2, -0.15) is 0 Å². The van der Waals surface area contributed by atoms with E-state index in [9.17, 15) is 0 Å². The van der Waals surface area contributed by atoms with Gasteiger partial charge in [-0.05, 0) is 49.2 Å². The quantitative estimate of drug-likeness (QED) is 0.588. The fraction of sp³-hybridized carbons (Fsp3) is 0.647. The highest BCUT2D eigenvalue weighted by Gasteiger charge is 2.21. The number of pyridine rings is 1. The average molecular weight is 321 g/mol. The molecule has 1 fully saturated rings. The van der Waals surface area contributed by atoms with E-state index in [1.165, 1.54) is 24.8 Å². The Morgan fingerprint density at radius 3 is 2.91 bits per heavy atom. The Balaban J connectivity index is 1.89. The zero-order valence-electron chi connectivity index (χ0n) is 13.5. The lowest BCUT2D eigenvalue weighted by atomic mass is 10.2. The van der Waals surface area contributed by atoms with E-state index >= 15 is 0 Å². The van der Waals surface area contributed by atoms with Crippen LogP contribution < -0.4 is 5.32 Å². The van der Waals surface area contributed by atoms with E-state index in [1.807, 2.05) is 24.5 Å². The lowest BCUT2D eigenvalue weighted by Crippen LogP contribution is -2.43. The molecule has 1 N–H and O–H groups in total. The van der Waals surface area contributed by atoms with Crippen molar-refractivity contribution in [2.75, 3.05) is 19.7 Å². The standard InChI is InChI=1S/C17H27N3OS/c1-2-3-4-9-19-17(22)20(14-16-6-5-12-21-16)13-15-7-10-18-11-8-15/h7-8,10-11,16H,2-6,9,12-14H2,1H3,(H,19,22). The number of unbranched alkanes of at least 4 members (excludes halogenated alkanes) is 2. The lowest BCUT2D eigenvalue weighted by Gasteiger charge is -2.28. The summed E-state index contributed by atoms with van der Waals surface area (Å²) in [6.07, 6.45) is 9.89. The summed E-state index contributed by atoms with van der Waals surface area (Å²) >= 11 is 5.60. The molecular formula is C17H27N3OS. The molecule has 1 aliphatic heterocycles. The van der Waals surface area contributed by atoms with Crippen molar-refractivity contribution in [3.05, 3.63) is 30.1 Å². The summed E-state index contributed by atoms with van der Waals surface area (Å²) in [5.74, 6) is 0. The van der Waals surface area contributed by atoms with Crippen LogP contribution in [0.3, 0.4) is 0 Å². The zero-order chi connectivity index (χ0) is 15.6. The third kappa shape index (κ3) is 5.89. The van der Waals surface area contributed by atoms with Crippen LogP contribution in [0.25, 0.3) is 0 Å². The van der Waals surface area contributed by atoms with Crippen molar-refractivity contribution >= 4 is 17.3 Å². The van der Waals surface area contributed by atoms with Gasteiger partial charge in [-0.25, -0.2) is 0 Å². The highest BCUT2D eigenvalue weighted by molar-refractivity contribution is 7.80. The molecule has 0 amide bonds. The van der Waals surface area contributed by atoms with Gasteiger partial charge < -0.3 is 15.0 Å². The van der Waals surface area contributed by atoms with Crippen LogP contribution in [-0.4, -0.2) is 40.8 Å². The topological polar surface area (TPSA) is 37.4 Å². The first-order valence-electron chi connectivity index (χ1n) is 8.33. The number of nitrogens with zero attached hydrogens (tertiary/aromatic N) is 2. The SMILES string of the molecule is CCCCCNC(=S)N(Cc1ccncc1)CC1CCCO1. The zero-order valence-corrected chi connectivity index (χ0v) is 14.3. The number of thiocarbonyl (C=S) groups is 1. The van der Waals surface area contributed by atoms with E-state index in [2.05, 4.69) is 22.1 Å². The molecule has 0 radical (unpaired) electrons. The van der Waals surface area contributed by atoms with Crippen LogP contribution in [0.5, 0.6) is 0 Å². The molecule has 4 nitrogen and oxygen atoms in total. The minimum atomic E-state index is 0.303. The van der Waals surface area contributed by atoms with Crippen molar-refractivity contribution in [2.24, 2.45) is 0 Å². The number of ether oxygens (including phenoxy) is 1. The van der Waals surface area contributed by atoms with Gasteiger partial charge in [0.2, 0.25) is 0 Å². The molecule has 1 atom stereocenters.